The number of aryl methyl sites for hydroxylation is 2. The highest BCUT2D eigenvalue weighted by molar-refractivity contribution is 6.13. The van der Waals surface area contributed by atoms with E-state index in [0.29, 0.717) is 200 Å². The van der Waals surface area contributed by atoms with Crippen LogP contribution in [0.3, 0.4) is 0 Å². The Kier molecular flexibility index (Phi) is 46.8. The van der Waals surface area contributed by atoms with Crippen LogP contribution in [0, 0.1) is 5.92 Å². The fourth-order valence-electron chi connectivity index (χ4n) is 12.1. The average Bonchev–Trinajstić information content (AvgIpc) is 1.62. The monoisotopic (exact) mass is 1610 g/mol. The number of nitrogens with zero attached hydrogens (tertiary/aromatic N) is 4. The fourth-order valence-corrected chi connectivity index (χ4v) is 12.1. The Morgan fingerprint density at radius 3 is 1.70 bits per heavy atom. The maximum absolute atomic E-state index is 13.9. The van der Waals surface area contributed by atoms with Crippen molar-refractivity contribution >= 4 is 80.8 Å². The molecule has 3 heterocycles. The molecule has 1 saturated carbocycles. The average molecular weight is 1610 g/mol. The number of nitrogen functional groups attached to an aromatic ring is 1. The Morgan fingerprint density at radius 1 is 0.579 bits per heavy atom. The second kappa shape index (κ2) is 56.3. The zero-order chi connectivity index (χ0) is 81.9. The largest absolute Gasteiger partial charge is 0.485 e. The number of carbonyl (C=O) groups excluding carboxylic acids is 7. The highest BCUT2D eigenvalue weighted by Crippen LogP contribution is 2.35. The zero-order valence-electron chi connectivity index (χ0n) is 65.8. The van der Waals surface area contributed by atoms with E-state index in [1.165, 1.54) is 24.3 Å². The molecule has 114 heavy (non-hydrogen) atoms. The maximum Gasteiger partial charge on any atom is 0.407 e. The van der Waals surface area contributed by atoms with Gasteiger partial charge in [-0.2, -0.15) is 0 Å². The third kappa shape index (κ3) is 36.0. The molecule has 2 aliphatic rings. The number of rotatable bonds is 66. The molecule has 1 unspecified atom stereocenters. The minimum Gasteiger partial charge on any atom is -0.485 e. The van der Waals surface area contributed by atoms with Crippen LogP contribution >= 0.6 is 0 Å². The summed E-state index contributed by atoms with van der Waals surface area (Å²) in [7, 11) is 1.63. The molecule has 2 aromatic carbocycles. The Morgan fingerprint density at radius 2 is 1.14 bits per heavy atom. The summed E-state index contributed by atoms with van der Waals surface area (Å²) in [6, 6.07) is 8.24. The van der Waals surface area contributed by atoms with E-state index >= 15 is 0 Å². The van der Waals surface area contributed by atoms with Crippen LogP contribution in [-0.2, 0) is 110 Å². The van der Waals surface area contributed by atoms with Gasteiger partial charge in [0, 0.05) is 95.5 Å². The molecule has 1 aliphatic carbocycles. The van der Waals surface area contributed by atoms with Gasteiger partial charge in [0.05, 0.1) is 186 Å². The van der Waals surface area contributed by atoms with Crippen LogP contribution in [0.4, 0.5) is 16.3 Å². The molecule has 0 radical (unpaired) electrons. The first kappa shape index (κ1) is 94.8. The highest BCUT2D eigenvalue weighted by Gasteiger charge is 2.44. The molecular formula is C78H119N9O27. The number of carboxylic acid groups (broad SMARTS) is 1. The number of alkyl carbamates (subject to hydrolysis) is 1. The minimum atomic E-state index is -1.66. The number of aromatic nitrogens is 3. The number of carbonyl (C=O) groups is 8. The van der Waals surface area contributed by atoms with Gasteiger partial charge in [0.1, 0.15) is 42.0 Å². The van der Waals surface area contributed by atoms with Crippen molar-refractivity contribution in [2.45, 2.75) is 147 Å². The number of hydrogen-bond acceptors (Lipinski definition) is 29. The van der Waals surface area contributed by atoms with Crippen LogP contribution in [0.15, 0.2) is 48.6 Å². The predicted octanol–water partition coefficient (Wildman–Crippen LogP) is 3.13. The van der Waals surface area contributed by atoms with Gasteiger partial charge in [-0.3, -0.25) is 33.7 Å². The van der Waals surface area contributed by atoms with Crippen LogP contribution in [0.1, 0.15) is 119 Å². The Balaban J connectivity index is 0.840. The number of nitrogens with one attached hydrogen (secondary N) is 4. The standard InChI is InChI=1S/C78H119N9O27/c1-3-4-13-65-85-71-72(58-17-16-56(77(98)99)51-60(58)84-76(71)79)86(65)25-9-5-7-24-81-78(100)113-54-55-15-18-63(114-64-52-57(53-88)73(95)75(97)74(64)96)61(50-55)83-67(91)14-10-12-62(89)59(82-68(92)21-26-87-69(93)19-20-70(87)94)11-6-8-23-80-66(90)22-27-102-30-31-104-34-35-106-38-39-108-42-43-110-46-47-112-49-48-111-45-44-109-41-40-107-37-36-105-33-32-103-29-28-101-2/h15-20,50-51,57,59,64,73-75,88,95-97H,3-14,21-49,52-54H2,1-2H3,(H2,79,84)(H,80,90)(H,81,100)(H,82,92)(H,83,91)(H,98,99)/t57-,59?,64+,73-,74-,75+/m1/s1. The lowest BCUT2D eigenvalue weighted by molar-refractivity contribution is -0.156. The number of pyridine rings is 1. The summed E-state index contributed by atoms with van der Waals surface area (Å²) in [5.74, 6) is -3.80. The van der Waals surface area contributed by atoms with E-state index in [2.05, 4.69) is 37.7 Å². The number of benzene rings is 2. The summed E-state index contributed by atoms with van der Waals surface area (Å²) >= 11 is 0. The van der Waals surface area contributed by atoms with Crippen LogP contribution in [0.5, 0.6) is 5.75 Å². The van der Waals surface area contributed by atoms with Crippen molar-refractivity contribution < 1.29 is 130 Å². The number of aliphatic hydroxyl groups is 4. The van der Waals surface area contributed by atoms with Gasteiger partial charge in [-0.05, 0) is 93.7 Å². The first-order chi connectivity index (χ1) is 55.4. The molecule has 11 N–H and O–H groups in total. The van der Waals surface area contributed by atoms with Crippen molar-refractivity contribution in [3.8, 4) is 5.75 Å². The van der Waals surface area contributed by atoms with Gasteiger partial charge in [-0.15, -0.1) is 0 Å². The molecule has 6 amide bonds. The number of ether oxygens (including phenoxy) is 14. The SMILES string of the molecule is CCCCc1nc2c(N)nc3cc(C(=O)O)ccc3c2n1CCCCCNC(=O)OCc1ccc(O[C@H]2C[C@H](CO)[C@@H](O)[C@H](O)[C@@H]2O)c(NC(=O)CCCC(=O)C(CCCCNC(=O)CCOCCOCCOCCOCCOCCOCCOCCOCCOCCOCCOCCOC)NC(=O)CCN2C(=O)C=CC2=O)c1. The molecule has 0 spiro atoms. The number of imide groups is 1. The summed E-state index contributed by atoms with van der Waals surface area (Å²) in [4.78, 5) is 113. The second-order valence-corrected chi connectivity index (χ2v) is 26.9. The van der Waals surface area contributed by atoms with E-state index in [9.17, 15) is 63.9 Å². The number of anilines is 2. The van der Waals surface area contributed by atoms with Gasteiger partial charge >= 0.3 is 12.1 Å². The third-order valence-electron chi connectivity index (χ3n) is 18.3. The van der Waals surface area contributed by atoms with Gasteiger partial charge in [0.15, 0.2) is 11.6 Å². The van der Waals surface area contributed by atoms with Gasteiger partial charge in [0.25, 0.3) is 11.8 Å². The molecule has 2 aromatic heterocycles. The first-order valence-electron chi connectivity index (χ1n) is 39.4. The second-order valence-electron chi connectivity index (χ2n) is 26.9. The van der Waals surface area contributed by atoms with Crippen LogP contribution in [0.25, 0.3) is 21.9 Å². The van der Waals surface area contributed by atoms with Crippen molar-refractivity contribution in [1.82, 2.24) is 35.4 Å². The van der Waals surface area contributed by atoms with Gasteiger partial charge in [0.2, 0.25) is 17.7 Å². The molecule has 0 saturated heterocycles. The Labute approximate surface area is 664 Å². The zero-order valence-corrected chi connectivity index (χ0v) is 65.8. The van der Waals surface area contributed by atoms with Gasteiger partial charge in [-0.25, -0.2) is 19.6 Å². The van der Waals surface area contributed by atoms with Crippen molar-refractivity contribution in [2.75, 3.05) is 196 Å². The van der Waals surface area contributed by atoms with Crippen LogP contribution in [-0.4, -0.2) is 308 Å². The van der Waals surface area contributed by atoms with Crippen molar-refractivity contribution in [2.24, 2.45) is 5.92 Å². The molecule has 0 bridgehead atoms. The van der Waals surface area contributed by atoms with Crippen LogP contribution in [0.2, 0.25) is 0 Å². The quantitative estimate of drug-likeness (QED) is 0.0224. The summed E-state index contributed by atoms with van der Waals surface area (Å²) in [5, 5.41) is 63.5. The number of aromatic carboxylic acids is 1. The first-order valence-corrected chi connectivity index (χ1v) is 39.4. The normalized spacial score (nSPS) is 16.4. The number of amides is 6. The number of carboxylic acids is 1. The van der Waals surface area contributed by atoms with Crippen molar-refractivity contribution in [3.05, 3.63) is 65.5 Å². The van der Waals surface area contributed by atoms with E-state index in [0.717, 1.165) is 46.6 Å². The van der Waals surface area contributed by atoms with E-state index in [1.807, 2.05) is 0 Å². The molecule has 6 atom stereocenters. The van der Waals surface area contributed by atoms with Gasteiger partial charge in [-0.1, -0.05) is 19.4 Å². The fraction of sp³-hybridized carbons (Fsp3) is 0.667. The number of methoxy groups -OCH3 is 1. The van der Waals surface area contributed by atoms with E-state index < -0.39 is 84.5 Å². The number of unbranched alkanes of at least 4 members (excludes halogenated alkanes) is 4. The Bertz CT molecular complexity index is 3530. The highest BCUT2D eigenvalue weighted by atomic mass is 16.6. The number of imidazole rings is 1. The Hall–Kier alpha value is -8.02. The minimum absolute atomic E-state index is 0.0114. The lowest BCUT2D eigenvalue weighted by Gasteiger charge is -2.39. The van der Waals surface area contributed by atoms with Crippen molar-refractivity contribution in [1.29, 1.82) is 0 Å². The maximum atomic E-state index is 13.9. The number of fused-ring (bicyclic) bond motifs is 3. The molecule has 36 nitrogen and oxygen atoms in total. The lowest BCUT2D eigenvalue weighted by Crippen LogP contribution is -2.56. The molecule has 1 aliphatic heterocycles. The van der Waals surface area contributed by atoms with E-state index in [1.54, 1.807) is 19.2 Å². The third-order valence-corrected chi connectivity index (χ3v) is 18.3. The van der Waals surface area contributed by atoms with Crippen molar-refractivity contribution in [3.63, 3.8) is 0 Å². The smallest absolute Gasteiger partial charge is 0.407 e. The number of hydrogen-bond donors (Lipinski definition) is 10. The van der Waals surface area contributed by atoms with Crippen LogP contribution < -0.4 is 31.7 Å². The molecule has 6 rings (SSSR count). The van der Waals surface area contributed by atoms with E-state index in [4.69, 9.17) is 77.0 Å². The molecule has 638 valence electrons. The van der Waals surface area contributed by atoms with E-state index in [-0.39, 0.29) is 113 Å². The predicted molar refractivity (Wildman–Crippen MR) is 413 cm³/mol. The number of nitrogens with two attached hydrogens (primary N) is 1. The summed E-state index contributed by atoms with van der Waals surface area (Å²) in [5.41, 5.74) is 8.73. The molecular weight excluding hydrogens is 1490 g/mol. The number of Topliss-reactive ketones (excluding diaryl/α,β-unsaturated/α-hetero) is 1. The molecule has 1 fully saturated rings. The molecule has 4 aromatic rings. The van der Waals surface area contributed by atoms with Gasteiger partial charge < -0.3 is 123 Å². The lowest BCUT2D eigenvalue weighted by atomic mass is 9.81. The summed E-state index contributed by atoms with van der Waals surface area (Å²) in [6.45, 7) is 12.0. The summed E-state index contributed by atoms with van der Waals surface area (Å²) in [6.07, 6.45) is 0.569. The summed E-state index contributed by atoms with van der Waals surface area (Å²) < 4.78 is 79.2. The molecule has 36 heteroatoms. The number of ketones is 1. The number of aliphatic hydroxyl groups excluding tert-OH is 4. The topological polar surface area (TPSA) is 475 Å².